The molecule has 0 aliphatic rings. The highest BCUT2D eigenvalue weighted by Gasteiger charge is 1.93. The molecular formula is C5H7FN2. The van der Waals surface area contributed by atoms with E-state index in [9.17, 15) is 4.39 Å². The maximum Gasteiger partial charge on any atom is 0.211 e. The molecule has 0 aliphatic carbocycles. The number of hydrogen-bond acceptors (Lipinski definition) is 1. The summed E-state index contributed by atoms with van der Waals surface area (Å²) >= 11 is 0. The zero-order chi connectivity index (χ0) is 5.98. The summed E-state index contributed by atoms with van der Waals surface area (Å²) in [5.74, 6) is -0.271. The number of nitrogens with zero attached hydrogens (tertiary/aromatic N) is 2. The molecule has 0 bridgehead atoms. The Bertz CT molecular complexity index is 171. The Morgan fingerprint density at radius 3 is 2.88 bits per heavy atom. The van der Waals surface area contributed by atoms with Gasteiger partial charge in [0.2, 0.25) is 5.95 Å². The van der Waals surface area contributed by atoms with Crippen molar-refractivity contribution in [2.75, 3.05) is 0 Å². The maximum atomic E-state index is 12.3. The Balaban J connectivity index is 2.92. The molecule has 0 aliphatic heterocycles. The first-order chi connectivity index (χ1) is 3.84. The molecular weight excluding hydrogens is 107 g/mol. The maximum absolute atomic E-state index is 12.3. The van der Waals surface area contributed by atoms with Crippen LogP contribution in [0.15, 0.2) is 12.3 Å². The summed E-state index contributed by atoms with van der Waals surface area (Å²) in [5, 5.41) is 3.68. The molecule has 1 aromatic heterocycles. The van der Waals surface area contributed by atoms with Gasteiger partial charge in [0.1, 0.15) is 0 Å². The molecule has 1 aromatic rings. The number of hydrogen-bond donors (Lipinski definition) is 0. The molecule has 0 atom stereocenters. The van der Waals surface area contributed by atoms with E-state index in [1.807, 2.05) is 6.92 Å². The van der Waals surface area contributed by atoms with Gasteiger partial charge in [-0.05, 0) is 6.92 Å². The van der Waals surface area contributed by atoms with E-state index in [0.717, 1.165) is 0 Å². The van der Waals surface area contributed by atoms with Crippen molar-refractivity contribution in [3.8, 4) is 0 Å². The largest absolute Gasteiger partial charge is 0.240 e. The van der Waals surface area contributed by atoms with Crippen molar-refractivity contribution in [1.82, 2.24) is 9.78 Å². The van der Waals surface area contributed by atoms with Crippen molar-refractivity contribution in [2.24, 2.45) is 0 Å². The Labute approximate surface area is 46.9 Å². The van der Waals surface area contributed by atoms with Crippen LogP contribution in [0.4, 0.5) is 4.39 Å². The van der Waals surface area contributed by atoms with Gasteiger partial charge in [-0.3, -0.25) is 0 Å². The third kappa shape index (κ3) is 0.710. The predicted molar refractivity (Wildman–Crippen MR) is 27.9 cm³/mol. The molecule has 0 unspecified atom stereocenters. The van der Waals surface area contributed by atoms with Crippen LogP contribution in [0.2, 0.25) is 0 Å². The third-order valence-electron chi connectivity index (χ3n) is 0.964. The van der Waals surface area contributed by atoms with Crippen LogP contribution in [0.3, 0.4) is 0 Å². The molecule has 0 aromatic carbocycles. The minimum absolute atomic E-state index is 0.271. The number of aryl methyl sites for hydroxylation is 1. The Morgan fingerprint density at radius 1 is 1.88 bits per heavy atom. The normalized spacial score (nSPS) is 9.75. The van der Waals surface area contributed by atoms with Crippen molar-refractivity contribution in [3.05, 3.63) is 18.2 Å². The van der Waals surface area contributed by atoms with Crippen LogP contribution in [0, 0.1) is 5.95 Å². The van der Waals surface area contributed by atoms with Crippen LogP contribution in [0.5, 0.6) is 0 Å². The minimum Gasteiger partial charge on any atom is -0.240 e. The summed E-state index contributed by atoms with van der Waals surface area (Å²) in [6.45, 7) is 2.44. The number of rotatable bonds is 1. The first kappa shape index (κ1) is 5.28. The molecule has 8 heavy (non-hydrogen) atoms. The van der Waals surface area contributed by atoms with Crippen LogP contribution < -0.4 is 0 Å². The van der Waals surface area contributed by atoms with Gasteiger partial charge in [-0.15, -0.1) is 0 Å². The summed E-state index contributed by atoms with van der Waals surface area (Å²) in [5.41, 5.74) is 0. The lowest BCUT2D eigenvalue weighted by atomic mass is 10.7. The summed E-state index contributed by atoms with van der Waals surface area (Å²) in [7, 11) is 0. The third-order valence-corrected chi connectivity index (χ3v) is 0.964. The second kappa shape index (κ2) is 1.94. The SMILES string of the molecule is CCn1nccc1F. The van der Waals surface area contributed by atoms with Crippen molar-refractivity contribution in [2.45, 2.75) is 13.5 Å². The molecule has 3 heteroatoms. The lowest BCUT2D eigenvalue weighted by molar-refractivity contribution is 0.471. The number of halogens is 1. The highest BCUT2D eigenvalue weighted by Crippen LogP contribution is 1.92. The van der Waals surface area contributed by atoms with Gasteiger partial charge in [-0.25, -0.2) is 4.68 Å². The van der Waals surface area contributed by atoms with Gasteiger partial charge in [0, 0.05) is 12.6 Å². The zero-order valence-corrected chi connectivity index (χ0v) is 4.63. The van der Waals surface area contributed by atoms with E-state index in [2.05, 4.69) is 5.10 Å². The molecule has 0 saturated carbocycles. The predicted octanol–water partition coefficient (Wildman–Crippen LogP) is 1.04. The monoisotopic (exact) mass is 114 g/mol. The average Bonchev–Trinajstić information content (AvgIpc) is 2.14. The van der Waals surface area contributed by atoms with Crippen LogP contribution in [-0.4, -0.2) is 9.78 Å². The molecule has 1 rings (SSSR count). The van der Waals surface area contributed by atoms with Gasteiger partial charge in [-0.1, -0.05) is 0 Å². The molecule has 0 fully saturated rings. The molecule has 0 saturated heterocycles. The van der Waals surface area contributed by atoms with E-state index in [4.69, 9.17) is 0 Å². The molecule has 0 amide bonds. The fraction of sp³-hybridized carbons (Fsp3) is 0.400. The topological polar surface area (TPSA) is 17.8 Å². The van der Waals surface area contributed by atoms with E-state index in [1.165, 1.54) is 16.9 Å². The van der Waals surface area contributed by atoms with Crippen molar-refractivity contribution in [3.63, 3.8) is 0 Å². The fourth-order valence-corrected chi connectivity index (χ4v) is 0.549. The zero-order valence-electron chi connectivity index (χ0n) is 4.63. The average molecular weight is 114 g/mol. The van der Waals surface area contributed by atoms with Crippen molar-refractivity contribution in [1.29, 1.82) is 0 Å². The Kier molecular flexibility index (Phi) is 1.28. The molecule has 0 radical (unpaired) electrons. The summed E-state index contributed by atoms with van der Waals surface area (Å²) in [6, 6.07) is 1.34. The highest BCUT2D eigenvalue weighted by atomic mass is 19.1. The van der Waals surface area contributed by atoms with E-state index in [1.54, 1.807) is 0 Å². The van der Waals surface area contributed by atoms with Gasteiger partial charge in [0.15, 0.2) is 0 Å². The van der Waals surface area contributed by atoms with E-state index in [0.29, 0.717) is 6.54 Å². The molecule has 0 N–H and O–H groups in total. The second-order valence-electron chi connectivity index (χ2n) is 1.47. The smallest absolute Gasteiger partial charge is 0.211 e. The molecule has 2 nitrogen and oxygen atoms in total. The Hall–Kier alpha value is -0.860. The highest BCUT2D eigenvalue weighted by molar-refractivity contribution is 4.81. The summed E-state index contributed by atoms with van der Waals surface area (Å²) in [6.07, 6.45) is 1.44. The fourth-order valence-electron chi connectivity index (χ4n) is 0.549. The summed E-state index contributed by atoms with van der Waals surface area (Å²) < 4.78 is 13.5. The van der Waals surface area contributed by atoms with Crippen molar-refractivity contribution < 1.29 is 4.39 Å². The number of aromatic nitrogens is 2. The quantitative estimate of drug-likeness (QED) is 0.533. The second-order valence-corrected chi connectivity index (χ2v) is 1.47. The lowest BCUT2D eigenvalue weighted by Crippen LogP contribution is -1.98. The lowest BCUT2D eigenvalue weighted by Gasteiger charge is -1.91. The molecule has 44 valence electrons. The van der Waals surface area contributed by atoms with E-state index in [-0.39, 0.29) is 5.95 Å². The first-order valence-electron chi connectivity index (χ1n) is 2.52. The van der Waals surface area contributed by atoms with Crippen LogP contribution in [-0.2, 0) is 6.54 Å². The van der Waals surface area contributed by atoms with Gasteiger partial charge in [0.05, 0.1) is 6.20 Å². The first-order valence-corrected chi connectivity index (χ1v) is 2.52. The van der Waals surface area contributed by atoms with Crippen LogP contribution >= 0.6 is 0 Å². The van der Waals surface area contributed by atoms with Gasteiger partial charge in [0.25, 0.3) is 0 Å². The van der Waals surface area contributed by atoms with Crippen LogP contribution in [0.25, 0.3) is 0 Å². The summed E-state index contributed by atoms with van der Waals surface area (Å²) in [4.78, 5) is 0. The molecule has 0 spiro atoms. The van der Waals surface area contributed by atoms with Gasteiger partial charge < -0.3 is 0 Å². The molecule has 1 heterocycles. The van der Waals surface area contributed by atoms with Crippen molar-refractivity contribution >= 4 is 0 Å². The standard InChI is InChI=1S/C5H7FN2/c1-2-8-5(6)3-4-7-8/h3-4H,2H2,1H3. The minimum atomic E-state index is -0.271. The van der Waals surface area contributed by atoms with E-state index >= 15 is 0 Å². The van der Waals surface area contributed by atoms with Gasteiger partial charge in [-0.2, -0.15) is 9.49 Å². The van der Waals surface area contributed by atoms with Gasteiger partial charge >= 0.3 is 0 Å². The van der Waals surface area contributed by atoms with Crippen LogP contribution in [0.1, 0.15) is 6.92 Å². The Morgan fingerprint density at radius 2 is 2.62 bits per heavy atom. The van der Waals surface area contributed by atoms with E-state index < -0.39 is 0 Å².